The summed E-state index contributed by atoms with van der Waals surface area (Å²) in [6, 6.07) is 7.40. The van der Waals surface area contributed by atoms with Crippen LogP contribution >= 0.6 is 0 Å². The molecule has 0 aliphatic carbocycles. The lowest BCUT2D eigenvalue weighted by Gasteiger charge is -2.19. The molecule has 1 aromatic carbocycles. The van der Waals surface area contributed by atoms with Gasteiger partial charge in [0.2, 0.25) is 5.91 Å². The van der Waals surface area contributed by atoms with Crippen molar-refractivity contribution in [1.29, 1.82) is 0 Å². The molecule has 1 N–H and O–H groups in total. The number of aryl methyl sites for hydroxylation is 1. The summed E-state index contributed by atoms with van der Waals surface area (Å²) in [6.45, 7) is 2.58. The Balaban J connectivity index is 1.80. The van der Waals surface area contributed by atoms with Gasteiger partial charge in [0.1, 0.15) is 17.3 Å². The van der Waals surface area contributed by atoms with Crippen molar-refractivity contribution in [3.63, 3.8) is 0 Å². The highest BCUT2D eigenvalue weighted by Gasteiger charge is 2.24. The molecule has 3 rings (SSSR count). The fraction of sp³-hybridized carbons (Fsp3) is 0.370. The van der Waals surface area contributed by atoms with E-state index >= 15 is 0 Å². The van der Waals surface area contributed by atoms with E-state index in [1.807, 2.05) is 11.5 Å². The van der Waals surface area contributed by atoms with Gasteiger partial charge in [-0.25, -0.2) is 14.2 Å². The Morgan fingerprint density at radius 3 is 2.56 bits per heavy atom. The lowest BCUT2D eigenvalue weighted by molar-refractivity contribution is -0.125. The molecule has 0 spiro atoms. The van der Waals surface area contributed by atoms with E-state index in [-0.39, 0.29) is 31.0 Å². The number of anilines is 1. The zero-order chi connectivity index (χ0) is 28.7. The topological polar surface area (TPSA) is 119 Å². The monoisotopic (exact) mass is 540 g/mol. The Morgan fingerprint density at radius 2 is 1.90 bits per heavy atom. The second kappa shape index (κ2) is 12.9. The quantitative estimate of drug-likeness (QED) is 0.395. The second-order valence-electron chi connectivity index (χ2n) is 9.23. The highest BCUT2D eigenvalue weighted by Crippen LogP contribution is 2.18. The van der Waals surface area contributed by atoms with E-state index in [9.17, 15) is 23.6 Å². The van der Waals surface area contributed by atoms with E-state index in [0.717, 1.165) is 5.52 Å². The zero-order valence-corrected chi connectivity index (χ0v) is 22.7. The number of ether oxygens (including phenoxy) is 1. The minimum Gasteiger partial charge on any atom is -0.436 e. The number of pyridine rings is 1. The van der Waals surface area contributed by atoms with Crippen molar-refractivity contribution in [2.75, 3.05) is 33.5 Å². The van der Waals surface area contributed by atoms with Crippen molar-refractivity contribution in [2.45, 2.75) is 39.0 Å². The molecule has 1 atom stereocenters. The lowest BCUT2D eigenvalue weighted by atomic mass is 10.1. The van der Waals surface area contributed by atoms with Crippen LogP contribution in [-0.4, -0.2) is 76.1 Å². The first-order chi connectivity index (χ1) is 18.5. The molecule has 0 aliphatic rings. The summed E-state index contributed by atoms with van der Waals surface area (Å²) in [5.74, 6) is -0.738. The van der Waals surface area contributed by atoms with Crippen LogP contribution in [0.15, 0.2) is 53.5 Å². The number of carbonyl (C=O) groups excluding carboxylic acids is 3. The number of hydrogen-bond donors (Lipinski definition) is 1. The number of likely N-dealkylation sites (N-methyl/N-ethyl adjacent to an activating group) is 1. The zero-order valence-electron chi connectivity index (χ0n) is 22.7. The number of nitrogens with zero attached hydrogens (tertiary/aromatic N) is 5. The summed E-state index contributed by atoms with van der Waals surface area (Å²) < 4.78 is 22.3. The van der Waals surface area contributed by atoms with Gasteiger partial charge in [0.05, 0.1) is 17.6 Å². The summed E-state index contributed by atoms with van der Waals surface area (Å²) in [7, 11) is 6.21. The van der Waals surface area contributed by atoms with Crippen molar-refractivity contribution in [3.05, 3.63) is 70.7 Å². The molecule has 0 radical (unpaired) electrons. The molecule has 12 heteroatoms. The normalized spacial score (nSPS) is 11.9. The molecular formula is C27H33FN6O5. The van der Waals surface area contributed by atoms with Crippen LogP contribution in [0.2, 0.25) is 0 Å². The van der Waals surface area contributed by atoms with Crippen LogP contribution in [0.3, 0.4) is 0 Å². The first-order valence-electron chi connectivity index (χ1n) is 12.4. The van der Waals surface area contributed by atoms with Crippen molar-refractivity contribution < 1.29 is 23.5 Å². The summed E-state index contributed by atoms with van der Waals surface area (Å²) >= 11 is 0. The van der Waals surface area contributed by atoms with E-state index in [1.54, 1.807) is 38.5 Å². The van der Waals surface area contributed by atoms with Gasteiger partial charge in [-0.05, 0) is 50.1 Å². The molecule has 0 saturated heterocycles. The van der Waals surface area contributed by atoms with Gasteiger partial charge >= 0.3 is 6.09 Å². The molecule has 0 aliphatic heterocycles. The number of rotatable bonds is 10. The minimum atomic E-state index is -1.20. The van der Waals surface area contributed by atoms with Gasteiger partial charge < -0.3 is 29.0 Å². The number of imidazole rings is 1. The fourth-order valence-electron chi connectivity index (χ4n) is 3.80. The fourth-order valence-corrected chi connectivity index (χ4v) is 3.80. The van der Waals surface area contributed by atoms with E-state index in [4.69, 9.17) is 4.74 Å². The molecule has 2 aromatic heterocycles. The maximum Gasteiger partial charge on any atom is 0.410 e. The predicted molar refractivity (Wildman–Crippen MR) is 145 cm³/mol. The van der Waals surface area contributed by atoms with Gasteiger partial charge in [-0.1, -0.05) is 6.08 Å². The molecule has 208 valence electrons. The minimum absolute atomic E-state index is 0.00284. The van der Waals surface area contributed by atoms with E-state index in [0.29, 0.717) is 17.9 Å². The van der Waals surface area contributed by atoms with Gasteiger partial charge in [0.25, 0.3) is 11.5 Å². The number of nitrogens with one attached hydrogen (secondary N) is 1. The Labute approximate surface area is 225 Å². The number of carbonyl (C=O) groups is 3. The highest BCUT2D eigenvalue weighted by molar-refractivity contribution is 5.95. The van der Waals surface area contributed by atoms with E-state index < -0.39 is 29.5 Å². The van der Waals surface area contributed by atoms with E-state index in [2.05, 4.69) is 10.3 Å². The maximum absolute atomic E-state index is 13.7. The van der Waals surface area contributed by atoms with E-state index in [1.165, 1.54) is 52.7 Å². The predicted octanol–water partition coefficient (Wildman–Crippen LogP) is 2.84. The highest BCUT2D eigenvalue weighted by atomic mass is 19.1. The van der Waals surface area contributed by atoms with Gasteiger partial charge in [-0.15, -0.1) is 0 Å². The first kappa shape index (κ1) is 29.1. The molecule has 0 bridgehead atoms. The third kappa shape index (κ3) is 7.30. The van der Waals surface area contributed by atoms with Crippen LogP contribution < -0.4 is 10.9 Å². The number of allylic oxidation sites excluding steroid dienone is 1. The number of amides is 3. The van der Waals surface area contributed by atoms with Crippen LogP contribution in [0.5, 0.6) is 0 Å². The Hall–Kier alpha value is -4.48. The SMILES string of the molecule is CCn1c(Cn2cccc(NC(=O)C(CCC=CC(=O)N(C)C)OC(=O)N(C)C)c2=O)nc2cc(F)ccc21. The molecule has 3 amide bonds. The van der Waals surface area contributed by atoms with Crippen molar-refractivity contribution in [1.82, 2.24) is 23.9 Å². The number of fused-ring (bicyclic) bond motifs is 1. The molecule has 0 fully saturated rings. The standard InChI is InChI=1S/C27H33FN6O5/c1-6-34-21-14-13-18(28)16-20(21)29-23(34)17-33-15-9-10-19(26(33)37)30-25(36)22(39-27(38)32(4)5)11-7-8-12-24(35)31(2)3/h8-10,12-16,22H,6-7,11,17H2,1-5H3,(H,30,36). The Kier molecular flexibility index (Phi) is 9.58. The van der Waals surface area contributed by atoms with Crippen LogP contribution in [0.4, 0.5) is 14.9 Å². The molecule has 2 heterocycles. The smallest absolute Gasteiger partial charge is 0.410 e. The van der Waals surface area contributed by atoms with Crippen LogP contribution in [0.1, 0.15) is 25.6 Å². The van der Waals surface area contributed by atoms with Crippen LogP contribution in [0.25, 0.3) is 11.0 Å². The third-order valence-electron chi connectivity index (χ3n) is 5.89. The average molecular weight is 541 g/mol. The number of halogens is 1. The van der Waals surface area contributed by atoms with Gasteiger partial charge in [0, 0.05) is 47.0 Å². The van der Waals surface area contributed by atoms with Crippen LogP contribution in [0, 0.1) is 5.82 Å². The second-order valence-corrected chi connectivity index (χ2v) is 9.23. The van der Waals surface area contributed by atoms with Crippen molar-refractivity contribution >= 4 is 34.6 Å². The Morgan fingerprint density at radius 1 is 1.15 bits per heavy atom. The summed E-state index contributed by atoms with van der Waals surface area (Å²) in [6.07, 6.45) is 2.99. The summed E-state index contributed by atoms with van der Waals surface area (Å²) in [4.78, 5) is 57.3. The number of aromatic nitrogens is 3. The molecular weight excluding hydrogens is 507 g/mol. The number of hydrogen-bond acceptors (Lipinski definition) is 6. The van der Waals surface area contributed by atoms with Gasteiger partial charge in [0.15, 0.2) is 6.10 Å². The largest absolute Gasteiger partial charge is 0.436 e. The van der Waals surface area contributed by atoms with Crippen LogP contribution in [-0.2, 0) is 27.4 Å². The van der Waals surface area contributed by atoms with Gasteiger partial charge in [-0.2, -0.15) is 0 Å². The van der Waals surface area contributed by atoms with Gasteiger partial charge in [-0.3, -0.25) is 14.4 Å². The Bertz CT molecular complexity index is 1440. The van der Waals surface area contributed by atoms with Crippen molar-refractivity contribution in [2.24, 2.45) is 0 Å². The maximum atomic E-state index is 13.7. The summed E-state index contributed by atoms with van der Waals surface area (Å²) in [5.41, 5.74) is 0.743. The molecule has 1 unspecified atom stereocenters. The molecule has 0 saturated carbocycles. The molecule has 3 aromatic rings. The molecule has 11 nitrogen and oxygen atoms in total. The summed E-state index contributed by atoms with van der Waals surface area (Å²) in [5, 5.41) is 2.57. The third-order valence-corrected chi connectivity index (χ3v) is 5.89. The van der Waals surface area contributed by atoms with Crippen molar-refractivity contribution in [3.8, 4) is 0 Å². The lowest BCUT2D eigenvalue weighted by Crippen LogP contribution is -2.37. The average Bonchev–Trinajstić information content (AvgIpc) is 3.23. The molecule has 39 heavy (non-hydrogen) atoms. The number of benzene rings is 1. The first-order valence-corrected chi connectivity index (χ1v) is 12.4.